The summed E-state index contributed by atoms with van der Waals surface area (Å²) in [4.78, 5) is 12.0. The molecule has 0 saturated heterocycles. The Labute approximate surface area is 121 Å². The fourth-order valence-corrected chi connectivity index (χ4v) is 2.10. The Morgan fingerprint density at radius 3 is 2.40 bits per heavy atom. The van der Waals surface area contributed by atoms with E-state index < -0.39 is 23.6 Å². The summed E-state index contributed by atoms with van der Waals surface area (Å²) >= 11 is 5.73. The van der Waals surface area contributed by atoms with Crippen LogP contribution in [0.3, 0.4) is 0 Å². The van der Waals surface area contributed by atoms with Gasteiger partial charge in [-0.2, -0.15) is 0 Å². The summed E-state index contributed by atoms with van der Waals surface area (Å²) in [6, 6.07) is 1.02. The zero-order valence-corrected chi connectivity index (χ0v) is 12.4. The van der Waals surface area contributed by atoms with Crippen molar-refractivity contribution >= 4 is 17.5 Å². The van der Waals surface area contributed by atoms with Crippen LogP contribution in [0.4, 0.5) is 8.78 Å². The van der Waals surface area contributed by atoms with E-state index in [0.717, 1.165) is 12.1 Å². The van der Waals surface area contributed by atoms with E-state index in [2.05, 4.69) is 5.32 Å². The summed E-state index contributed by atoms with van der Waals surface area (Å²) in [6.07, 6.45) is 0.538. The van der Waals surface area contributed by atoms with Gasteiger partial charge in [-0.05, 0) is 24.0 Å². The van der Waals surface area contributed by atoms with Crippen LogP contribution in [-0.2, 0) is 0 Å². The van der Waals surface area contributed by atoms with Gasteiger partial charge in [0.25, 0.3) is 5.91 Å². The van der Waals surface area contributed by atoms with Crippen LogP contribution in [0.15, 0.2) is 12.1 Å². The fourth-order valence-electron chi connectivity index (χ4n) is 1.86. The molecular formula is C14H18ClF2NO2. The zero-order valence-electron chi connectivity index (χ0n) is 11.6. The number of halogens is 3. The maximum atomic E-state index is 13.1. The first-order chi connectivity index (χ1) is 9.14. The van der Waals surface area contributed by atoms with Gasteiger partial charge in [0.2, 0.25) is 0 Å². The highest BCUT2D eigenvalue weighted by Gasteiger charge is 2.22. The Balaban J connectivity index is 2.87. The van der Waals surface area contributed by atoms with Gasteiger partial charge in [-0.15, -0.1) is 0 Å². The standard InChI is InChI=1S/C14H18ClF2NO2/c1-14(2,3)6-8(7-19)18-13(20)9-4-11(16)12(17)5-10(9)15/h4-5,8,19H,6-7H2,1-3H3,(H,18,20). The van der Waals surface area contributed by atoms with Gasteiger partial charge < -0.3 is 10.4 Å². The highest BCUT2D eigenvalue weighted by molar-refractivity contribution is 6.33. The van der Waals surface area contributed by atoms with Crippen molar-refractivity contribution in [2.45, 2.75) is 33.2 Å². The average Bonchev–Trinajstić information content (AvgIpc) is 2.31. The number of nitrogens with one attached hydrogen (secondary N) is 1. The number of carbonyl (C=O) groups is 1. The summed E-state index contributed by atoms with van der Waals surface area (Å²) in [7, 11) is 0. The number of carbonyl (C=O) groups excluding carboxylic acids is 1. The molecular weight excluding hydrogens is 288 g/mol. The third-order valence-electron chi connectivity index (χ3n) is 2.67. The van der Waals surface area contributed by atoms with Crippen molar-refractivity contribution in [1.29, 1.82) is 0 Å². The predicted molar refractivity (Wildman–Crippen MR) is 73.8 cm³/mol. The van der Waals surface area contributed by atoms with E-state index >= 15 is 0 Å². The smallest absolute Gasteiger partial charge is 0.253 e. The van der Waals surface area contributed by atoms with Crippen molar-refractivity contribution in [3.63, 3.8) is 0 Å². The Kier molecular flexibility index (Phi) is 5.48. The van der Waals surface area contributed by atoms with Gasteiger partial charge in [0, 0.05) is 0 Å². The molecule has 20 heavy (non-hydrogen) atoms. The Morgan fingerprint density at radius 2 is 1.90 bits per heavy atom. The topological polar surface area (TPSA) is 49.3 Å². The maximum absolute atomic E-state index is 13.1. The molecule has 0 radical (unpaired) electrons. The first kappa shape index (κ1) is 16.9. The van der Waals surface area contributed by atoms with E-state index in [9.17, 15) is 18.7 Å². The molecule has 1 atom stereocenters. The average molecular weight is 306 g/mol. The highest BCUT2D eigenvalue weighted by atomic mass is 35.5. The molecule has 0 saturated carbocycles. The van der Waals surface area contributed by atoms with Crippen molar-refractivity contribution < 1.29 is 18.7 Å². The lowest BCUT2D eigenvalue weighted by molar-refractivity contribution is 0.0897. The number of aliphatic hydroxyl groups excluding tert-OH is 1. The SMILES string of the molecule is CC(C)(C)CC(CO)NC(=O)c1cc(F)c(F)cc1Cl. The van der Waals surface area contributed by atoms with Gasteiger partial charge in [-0.25, -0.2) is 8.78 Å². The van der Waals surface area contributed by atoms with Crippen molar-refractivity contribution in [3.8, 4) is 0 Å². The van der Waals surface area contributed by atoms with Crippen molar-refractivity contribution in [3.05, 3.63) is 34.4 Å². The molecule has 0 spiro atoms. The molecule has 0 heterocycles. The van der Waals surface area contributed by atoms with E-state index in [0.29, 0.717) is 6.42 Å². The van der Waals surface area contributed by atoms with Gasteiger partial charge >= 0.3 is 0 Å². The van der Waals surface area contributed by atoms with Crippen LogP contribution < -0.4 is 5.32 Å². The number of rotatable bonds is 4. The van der Waals surface area contributed by atoms with Crippen LogP contribution in [0.2, 0.25) is 5.02 Å². The van der Waals surface area contributed by atoms with E-state index in [1.807, 2.05) is 20.8 Å². The molecule has 1 amide bonds. The second-order valence-corrected chi connectivity index (χ2v) is 6.27. The molecule has 3 nitrogen and oxygen atoms in total. The molecule has 0 bridgehead atoms. The summed E-state index contributed by atoms with van der Waals surface area (Å²) < 4.78 is 26.1. The molecule has 0 fully saturated rings. The molecule has 1 aromatic rings. The normalized spacial score (nSPS) is 13.2. The first-order valence-corrected chi connectivity index (χ1v) is 6.58. The molecule has 112 valence electrons. The van der Waals surface area contributed by atoms with Crippen LogP contribution in [-0.4, -0.2) is 23.7 Å². The van der Waals surface area contributed by atoms with Crippen LogP contribution in [0.1, 0.15) is 37.6 Å². The molecule has 0 aliphatic carbocycles. The minimum atomic E-state index is -1.14. The largest absolute Gasteiger partial charge is 0.394 e. The van der Waals surface area contributed by atoms with Crippen LogP contribution >= 0.6 is 11.6 Å². The number of hydrogen-bond donors (Lipinski definition) is 2. The second-order valence-electron chi connectivity index (χ2n) is 5.86. The summed E-state index contributed by atoms with van der Waals surface area (Å²) in [6.45, 7) is 5.65. The highest BCUT2D eigenvalue weighted by Crippen LogP contribution is 2.23. The number of aliphatic hydroxyl groups is 1. The Morgan fingerprint density at radius 1 is 1.35 bits per heavy atom. The van der Waals surface area contributed by atoms with Crippen molar-refractivity contribution in [2.75, 3.05) is 6.61 Å². The van der Waals surface area contributed by atoms with Gasteiger partial charge in [-0.1, -0.05) is 32.4 Å². The lowest BCUT2D eigenvalue weighted by Crippen LogP contribution is -2.40. The Hall–Kier alpha value is -1.20. The fraction of sp³-hybridized carbons (Fsp3) is 0.500. The molecule has 0 aliphatic heterocycles. The lowest BCUT2D eigenvalue weighted by Gasteiger charge is -2.25. The van der Waals surface area contributed by atoms with Crippen molar-refractivity contribution in [2.24, 2.45) is 5.41 Å². The third kappa shape index (κ3) is 4.72. The van der Waals surface area contributed by atoms with Gasteiger partial charge in [0.05, 0.1) is 23.2 Å². The molecule has 6 heteroatoms. The molecule has 1 unspecified atom stereocenters. The third-order valence-corrected chi connectivity index (χ3v) is 2.98. The minimum absolute atomic E-state index is 0.0987. The van der Waals surface area contributed by atoms with Crippen LogP contribution in [0, 0.1) is 17.0 Å². The zero-order chi connectivity index (χ0) is 15.5. The minimum Gasteiger partial charge on any atom is -0.394 e. The predicted octanol–water partition coefficient (Wildman–Crippen LogP) is 3.15. The maximum Gasteiger partial charge on any atom is 0.253 e. The Bertz CT molecular complexity index is 501. The van der Waals surface area contributed by atoms with Gasteiger partial charge in [0.1, 0.15) is 0 Å². The quantitative estimate of drug-likeness (QED) is 0.840. The summed E-state index contributed by atoms with van der Waals surface area (Å²) in [5.41, 5.74) is -0.253. The van der Waals surface area contributed by atoms with E-state index in [4.69, 9.17) is 11.6 Å². The first-order valence-electron chi connectivity index (χ1n) is 6.20. The summed E-state index contributed by atoms with van der Waals surface area (Å²) in [5.74, 6) is -2.90. The van der Waals surface area contributed by atoms with E-state index in [1.54, 1.807) is 0 Å². The second kappa shape index (κ2) is 6.50. The molecule has 0 aliphatic rings. The molecule has 1 aromatic carbocycles. The van der Waals surface area contributed by atoms with Crippen LogP contribution in [0.5, 0.6) is 0 Å². The molecule has 2 N–H and O–H groups in total. The van der Waals surface area contributed by atoms with Crippen LogP contribution in [0.25, 0.3) is 0 Å². The lowest BCUT2D eigenvalue weighted by atomic mass is 9.88. The molecule has 0 aromatic heterocycles. The van der Waals surface area contributed by atoms with Gasteiger partial charge in [-0.3, -0.25) is 4.79 Å². The van der Waals surface area contributed by atoms with E-state index in [1.165, 1.54) is 0 Å². The summed E-state index contributed by atoms with van der Waals surface area (Å²) in [5, 5.41) is 11.7. The van der Waals surface area contributed by atoms with Crippen molar-refractivity contribution in [1.82, 2.24) is 5.32 Å². The molecule has 1 rings (SSSR count). The van der Waals surface area contributed by atoms with Gasteiger partial charge in [0.15, 0.2) is 11.6 Å². The van der Waals surface area contributed by atoms with E-state index in [-0.39, 0.29) is 22.6 Å². The number of hydrogen-bond acceptors (Lipinski definition) is 2. The number of benzene rings is 1. The monoisotopic (exact) mass is 305 g/mol. The number of amides is 1.